The SMILES string of the molecule is COC(=O)CCCC[C@@H]1SC[C@@H](NC(=O)c2ccccc2)C1Cl. The molecule has 1 saturated heterocycles. The molecule has 1 unspecified atom stereocenters. The number of rotatable bonds is 7. The average molecular weight is 356 g/mol. The molecular weight excluding hydrogens is 334 g/mol. The minimum Gasteiger partial charge on any atom is -0.469 e. The summed E-state index contributed by atoms with van der Waals surface area (Å²) in [7, 11) is 1.41. The number of halogens is 1. The second-order valence-electron chi connectivity index (χ2n) is 5.58. The van der Waals surface area contributed by atoms with Gasteiger partial charge in [-0.15, -0.1) is 11.6 Å². The summed E-state index contributed by atoms with van der Waals surface area (Å²) in [5, 5.41) is 3.26. The van der Waals surface area contributed by atoms with Gasteiger partial charge in [0, 0.05) is 23.0 Å². The van der Waals surface area contributed by atoms with Gasteiger partial charge in [0.15, 0.2) is 0 Å². The van der Waals surface area contributed by atoms with E-state index in [1.54, 1.807) is 23.9 Å². The lowest BCUT2D eigenvalue weighted by molar-refractivity contribution is -0.140. The van der Waals surface area contributed by atoms with Gasteiger partial charge in [0.25, 0.3) is 5.91 Å². The van der Waals surface area contributed by atoms with Crippen molar-refractivity contribution in [3.05, 3.63) is 35.9 Å². The van der Waals surface area contributed by atoms with Gasteiger partial charge in [0.05, 0.1) is 18.5 Å². The summed E-state index contributed by atoms with van der Waals surface area (Å²) in [4.78, 5) is 23.3. The molecule has 1 aliphatic heterocycles. The first-order valence-electron chi connectivity index (χ1n) is 7.80. The van der Waals surface area contributed by atoms with Crippen LogP contribution in [0.25, 0.3) is 0 Å². The summed E-state index contributed by atoms with van der Waals surface area (Å²) in [6.45, 7) is 0. The molecule has 0 spiro atoms. The van der Waals surface area contributed by atoms with Gasteiger partial charge in [0.1, 0.15) is 0 Å². The molecule has 0 bridgehead atoms. The molecule has 2 rings (SSSR count). The summed E-state index contributed by atoms with van der Waals surface area (Å²) >= 11 is 8.31. The highest BCUT2D eigenvalue weighted by Crippen LogP contribution is 2.34. The molecule has 1 heterocycles. The van der Waals surface area contributed by atoms with Gasteiger partial charge >= 0.3 is 5.97 Å². The number of carbonyl (C=O) groups excluding carboxylic acids is 2. The molecule has 0 radical (unpaired) electrons. The number of alkyl halides is 1. The number of benzene rings is 1. The molecule has 1 fully saturated rings. The molecule has 1 aromatic rings. The molecule has 6 heteroatoms. The Hall–Kier alpha value is -1.20. The fraction of sp³-hybridized carbons (Fsp3) is 0.529. The van der Waals surface area contributed by atoms with Crippen molar-refractivity contribution in [1.82, 2.24) is 5.32 Å². The third kappa shape index (κ3) is 5.43. The Bertz CT molecular complexity index is 526. The fourth-order valence-electron chi connectivity index (χ4n) is 2.59. The third-order valence-corrected chi connectivity index (χ3v) is 6.20. The van der Waals surface area contributed by atoms with Crippen LogP contribution in [-0.4, -0.2) is 41.4 Å². The predicted molar refractivity (Wildman–Crippen MR) is 94.1 cm³/mol. The van der Waals surface area contributed by atoms with Crippen molar-refractivity contribution in [2.75, 3.05) is 12.9 Å². The molecule has 23 heavy (non-hydrogen) atoms. The molecule has 1 aromatic carbocycles. The summed E-state index contributed by atoms with van der Waals surface area (Å²) in [6, 6.07) is 9.16. The van der Waals surface area contributed by atoms with Crippen LogP contribution < -0.4 is 5.32 Å². The van der Waals surface area contributed by atoms with E-state index in [1.165, 1.54) is 7.11 Å². The van der Waals surface area contributed by atoms with E-state index in [0.29, 0.717) is 17.2 Å². The molecule has 1 N–H and O–H groups in total. The van der Waals surface area contributed by atoms with E-state index in [4.69, 9.17) is 11.6 Å². The van der Waals surface area contributed by atoms with Crippen molar-refractivity contribution in [3.8, 4) is 0 Å². The summed E-state index contributed by atoms with van der Waals surface area (Å²) < 4.78 is 4.63. The Kier molecular flexibility index (Phi) is 7.24. The largest absolute Gasteiger partial charge is 0.469 e. The lowest BCUT2D eigenvalue weighted by atomic mass is 10.1. The Morgan fingerprint density at radius 2 is 2.04 bits per heavy atom. The van der Waals surface area contributed by atoms with Gasteiger partial charge in [-0.05, 0) is 25.0 Å². The standard InChI is InChI=1S/C17H22ClNO3S/c1-22-15(20)10-6-5-9-14-16(18)13(11-23-14)19-17(21)12-7-3-2-4-8-12/h2-4,7-8,13-14,16H,5-6,9-11H2,1H3,(H,19,21)/t13-,14+,16?/m1/s1. The predicted octanol–water partition coefficient (Wildman–Crippen LogP) is 3.24. The maximum absolute atomic E-state index is 12.2. The zero-order chi connectivity index (χ0) is 16.7. The zero-order valence-corrected chi connectivity index (χ0v) is 14.7. The maximum atomic E-state index is 12.2. The second kappa shape index (κ2) is 9.18. The lowest BCUT2D eigenvalue weighted by Gasteiger charge is -2.19. The Labute approximate surface area is 146 Å². The highest BCUT2D eigenvalue weighted by molar-refractivity contribution is 8.00. The van der Waals surface area contributed by atoms with Crippen LogP contribution in [0.4, 0.5) is 0 Å². The Morgan fingerprint density at radius 3 is 2.74 bits per heavy atom. The molecule has 0 aromatic heterocycles. The van der Waals surface area contributed by atoms with E-state index in [2.05, 4.69) is 10.1 Å². The second-order valence-corrected chi connectivity index (χ2v) is 7.36. The van der Waals surface area contributed by atoms with Gasteiger partial charge in [-0.1, -0.05) is 24.6 Å². The number of esters is 1. The van der Waals surface area contributed by atoms with Crippen LogP contribution >= 0.6 is 23.4 Å². The minimum atomic E-state index is -0.167. The number of nitrogens with one attached hydrogen (secondary N) is 1. The van der Waals surface area contributed by atoms with E-state index in [1.807, 2.05) is 18.2 Å². The van der Waals surface area contributed by atoms with Crippen LogP contribution in [0.3, 0.4) is 0 Å². The first-order valence-corrected chi connectivity index (χ1v) is 9.28. The highest BCUT2D eigenvalue weighted by Gasteiger charge is 2.35. The Morgan fingerprint density at radius 1 is 1.30 bits per heavy atom. The quantitative estimate of drug-likeness (QED) is 0.463. The monoisotopic (exact) mass is 355 g/mol. The van der Waals surface area contributed by atoms with Gasteiger partial charge in [-0.2, -0.15) is 11.8 Å². The zero-order valence-electron chi connectivity index (χ0n) is 13.2. The van der Waals surface area contributed by atoms with E-state index in [9.17, 15) is 9.59 Å². The van der Waals surface area contributed by atoms with Crippen LogP contribution in [0, 0.1) is 0 Å². The summed E-state index contributed by atoms with van der Waals surface area (Å²) in [6.07, 6.45) is 3.16. The molecule has 1 amide bonds. The van der Waals surface area contributed by atoms with Crippen LogP contribution in [-0.2, 0) is 9.53 Å². The average Bonchev–Trinajstić information content (AvgIpc) is 2.92. The number of amides is 1. The van der Waals surface area contributed by atoms with Crippen molar-refractivity contribution in [2.24, 2.45) is 0 Å². The number of hydrogen-bond acceptors (Lipinski definition) is 4. The van der Waals surface area contributed by atoms with Crippen molar-refractivity contribution in [3.63, 3.8) is 0 Å². The normalized spacial score (nSPS) is 23.5. The van der Waals surface area contributed by atoms with Gasteiger partial charge in [-0.25, -0.2) is 0 Å². The topological polar surface area (TPSA) is 55.4 Å². The van der Waals surface area contributed by atoms with Gasteiger partial charge in [-0.3, -0.25) is 9.59 Å². The molecule has 0 saturated carbocycles. The highest BCUT2D eigenvalue weighted by atomic mass is 35.5. The first kappa shape index (κ1) is 18.1. The molecule has 1 aliphatic rings. The van der Waals surface area contributed by atoms with E-state index in [0.717, 1.165) is 25.0 Å². The maximum Gasteiger partial charge on any atom is 0.305 e. The number of methoxy groups -OCH3 is 1. The van der Waals surface area contributed by atoms with E-state index in [-0.39, 0.29) is 23.3 Å². The van der Waals surface area contributed by atoms with Crippen LogP contribution in [0.15, 0.2) is 30.3 Å². The van der Waals surface area contributed by atoms with Crippen LogP contribution in [0.2, 0.25) is 0 Å². The van der Waals surface area contributed by atoms with Crippen molar-refractivity contribution < 1.29 is 14.3 Å². The van der Waals surface area contributed by atoms with Gasteiger partial charge < -0.3 is 10.1 Å². The molecule has 3 atom stereocenters. The third-order valence-electron chi connectivity index (χ3n) is 3.93. The summed E-state index contributed by atoms with van der Waals surface area (Å²) in [5.74, 6) is 0.585. The number of carbonyl (C=O) groups is 2. The van der Waals surface area contributed by atoms with Crippen molar-refractivity contribution in [1.29, 1.82) is 0 Å². The first-order chi connectivity index (χ1) is 11.1. The number of unbranched alkanes of at least 4 members (excludes halogenated alkanes) is 1. The van der Waals surface area contributed by atoms with E-state index < -0.39 is 0 Å². The summed E-state index contributed by atoms with van der Waals surface area (Å²) in [5.41, 5.74) is 0.655. The number of thioether (sulfide) groups is 1. The smallest absolute Gasteiger partial charge is 0.305 e. The molecular formula is C17H22ClNO3S. The van der Waals surface area contributed by atoms with Crippen molar-refractivity contribution >= 4 is 35.2 Å². The number of hydrogen-bond donors (Lipinski definition) is 1. The molecule has 0 aliphatic carbocycles. The van der Waals surface area contributed by atoms with Crippen LogP contribution in [0.5, 0.6) is 0 Å². The van der Waals surface area contributed by atoms with Crippen LogP contribution in [0.1, 0.15) is 36.0 Å². The van der Waals surface area contributed by atoms with Crippen molar-refractivity contribution in [2.45, 2.75) is 42.4 Å². The van der Waals surface area contributed by atoms with E-state index >= 15 is 0 Å². The lowest BCUT2D eigenvalue weighted by Crippen LogP contribution is -2.41. The van der Waals surface area contributed by atoms with Gasteiger partial charge in [0.2, 0.25) is 0 Å². The molecule has 4 nitrogen and oxygen atoms in total. The number of ether oxygens (including phenoxy) is 1. The fourth-order valence-corrected chi connectivity index (χ4v) is 4.65. The molecule has 126 valence electrons. The minimum absolute atomic E-state index is 0.0139. The Balaban J connectivity index is 1.74.